The standard InChI is InChI=1S/C13H10BrFO/c14-11-4-1-3-10(7-11)9-16-13-6-2-5-12(15)8-13/h1-8H,9H2. The first kappa shape index (κ1) is 11.1. The molecule has 0 aliphatic carbocycles. The van der Waals surface area contributed by atoms with Gasteiger partial charge < -0.3 is 4.74 Å². The second kappa shape index (κ2) is 5.12. The van der Waals surface area contributed by atoms with E-state index >= 15 is 0 Å². The lowest BCUT2D eigenvalue weighted by Gasteiger charge is -2.06. The monoisotopic (exact) mass is 280 g/mol. The summed E-state index contributed by atoms with van der Waals surface area (Å²) < 4.78 is 19.3. The minimum atomic E-state index is -0.285. The highest BCUT2D eigenvalue weighted by molar-refractivity contribution is 9.10. The average Bonchev–Trinajstić information content (AvgIpc) is 2.27. The van der Waals surface area contributed by atoms with Crippen LogP contribution in [0.1, 0.15) is 5.56 Å². The Morgan fingerprint density at radius 1 is 1.06 bits per heavy atom. The summed E-state index contributed by atoms with van der Waals surface area (Å²) in [6.07, 6.45) is 0. The molecule has 0 unspecified atom stereocenters. The Morgan fingerprint density at radius 3 is 2.62 bits per heavy atom. The summed E-state index contributed by atoms with van der Waals surface area (Å²) in [5.41, 5.74) is 1.04. The van der Waals surface area contributed by atoms with Crippen molar-refractivity contribution in [2.24, 2.45) is 0 Å². The molecule has 3 heteroatoms. The summed E-state index contributed by atoms with van der Waals surface area (Å²) in [5, 5.41) is 0. The zero-order chi connectivity index (χ0) is 11.4. The number of halogens is 2. The highest BCUT2D eigenvalue weighted by Crippen LogP contribution is 2.16. The van der Waals surface area contributed by atoms with Crippen LogP contribution in [0.25, 0.3) is 0 Å². The molecule has 1 nitrogen and oxygen atoms in total. The highest BCUT2D eigenvalue weighted by Gasteiger charge is 1.98. The topological polar surface area (TPSA) is 9.23 Å². The maximum atomic E-state index is 12.9. The van der Waals surface area contributed by atoms with E-state index in [1.165, 1.54) is 12.1 Å². The molecule has 0 amide bonds. The fourth-order valence-electron chi connectivity index (χ4n) is 1.35. The number of rotatable bonds is 3. The Kier molecular flexibility index (Phi) is 3.57. The molecule has 0 aliphatic heterocycles. The van der Waals surface area contributed by atoms with Gasteiger partial charge in [-0.15, -0.1) is 0 Å². The molecule has 0 atom stereocenters. The second-order valence-electron chi connectivity index (χ2n) is 3.38. The molecule has 82 valence electrons. The lowest BCUT2D eigenvalue weighted by Crippen LogP contribution is -1.95. The van der Waals surface area contributed by atoms with Crippen LogP contribution in [0.4, 0.5) is 4.39 Å². The van der Waals surface area contributed by atoms with Gasteiger partial charge >= 0.3 is 0 Å². The van der Waals surface area contributed by atoms with Crippen LogP contribution in [0.5, 0.6) is 5.75 Å². The number of hydrogen-bond donors (Lipinski definition) is 0. The average molecular weight is 281 g/mol. The predicted octanol–water partition coefficient (Wildman–Crippen LogP) is 4.17. The van der Waals surface area contributed by atoms with Crippen LogP contribution in [0.15, 0.2) is 53.0 Å². The van der Waals surface area contributed by atoms with Crippen molar-refractivity contribution in [3.63, 3.8) is 0 Å². The molecule has 2 aromatic rings. The minimum absolute atomic E-state index is 0.285. The van der Waals surface area contributed by atoms with Crippen molar-refractivity contribution in [1.29, 1.82) is 0 Å². The molecule has 0 aliphatic rings. The molecular formula is C13H10BrFO. The summed E-state index contributed by atoms with van der Waals surface area (Å²) in [6.45, 7) is 0.433. The van der Waals surface area contributed by atoms with Crippen molar-refractivity contribution in [3.8, 4) is 5.75 Å². The SMILES string of the molecule is Fc1cccc(OCc2cccc(Br)c2)c1. The summed E-state index contributed by atoms with van der Waals surface area (Å²) in [6, 6.07) is 14.0. The third kappa shape index (κ3) is 3.07. The van der Waals surface area contributed by atoms with Crippen molar-refractivity contribution in [2.45, 2.75) is 6.61 Å². The maximum Gasteiger partial charge on any atom is 0.126 e. The first-order valence-corrected chi connectivity index (χ1v) is 5.66. The van der Waals surface area contributed by atoms with E-state index in [0.29, 0.717) is 12.4 Å². The van der Waals surface area contributed by atoms with E-state index in [9.17, 15) is 4.39 Å². The van der Waals surface area contributed by atoms with E-state index in [2.05, 4.69) is 15.9 Å². The molecule has 2 rings (SSSR count). The van der Waals surface area contributed by atoms with Crippen LogP contribution in [0.3, 0.4) is 0 Å². The lowest BCUT2D eigenvalue weighted by atomic mass is 10.2. The van der Waals surface area contributed by atoms with Crippen molar-refractivity contribution < 1.29 is 9.13 Å². The van der Waals surface area contributed by atoms with Crippen LogP contribution in [-0.2, 0) is 6.61 Å². The van der Waals surface area contributed by atoms with Crippen LogP contribution < -0.4 is 4.74 Å². The Morgan fingerprint density at radius 2 is 1.88 bits per heavy atom. The van der Waals surface area contributed by atoms with Crippen molar-refractivity contribution in [3.05, 3.63) is 64.4 Å². The molecule has 0 radical (unpaired) electrons. The molecular weight excluding hydrogens is 271 g/mol. The van der Waals surface area contributed by atoms with Crippen molar-refractivity contribution in [1.82, 2.24) is 0 Å². The van der Waals surface area contributed by atoms with Gasteiger partial charge in [-0.1, -0.05) is 34.1 Å². The van der Waals surface area contributed by atoms with Gasteiger partial charge in [-0.05, 0) is 29.8 Å². The normalized spacial score (nSPS) is 10.1. The first-order chi connectivity index (χ1) is 7.74. The number of hydrogen-bond acceptors (Lipinski definition) is 1. The van der Waals surface area contributed by atoms with Gasteiger partial charge in [-0.2, -0.15) is 0 Å². The summed E-state index contributed by atoms with van der Waals surface area (Å²) >= 11 is 3.38. The highest BCUT2D eigenvalue weighted by atomic mass is 79.9. The fourth-order valence-corrected chi connectivity index (χ4v) is 1.80. The third-order valence-corrected chi connectivity index (χ3v) is 2.58. The maximum absolute atomic E-state index is 12.9. The van der Waals surface area contributed by atoms with Gasteiger partial charge in [-0.25, -0.2) is 4.39 Å². The van der Waals surface area contributed by atoms with Gasteiger partial charge in [0.25, 0.3) is 0 Å². The summed E-state index contributed by atoms with van der Waals surface area (Å²) in [5.74, 6) is 0.256. The van der Waals surface area contributed by atoms with Gasteiger partial charge in [0.1, 0.15) is 18.2 Å². The molecule has 16 heavy (non-hydrogen) atoms. The first-order valence-electron chi connectivity index (χ1n) is 4.87. The molecule has 0 spiro atoms. The van der Waals surface area contributed by atoms with E-state index in [1.54, 1.807) is 12.1 Å². The predicted molar refractivity (Wildman–Crippen MR) is 64.9 cm³/mol. The molecule has 2 aromatic carbocycles. The Bertz CT molecular complexity index is 439. The fraction of sp³-hybridized carbons (Fsp3) is 0.0769. The summed E-state index contributed by atoms with van der Waals surface area (Å²) in [4.78, 5) is 0. The van der Waals surface area contributed by atoms with Crippen LogP contribution in [0, 0.1) is 5.82 Å². The van der Waals surface area contributed by atoms with E-state index in [1.807, 2.05) is 24.3 Å². The van der Waals surface area contributed by atoms with Gasteiger partial charge in [-0.3, -0.25) is 0 Å². The molecule has 0 aromatic heterocycles. The number of benzene rings is 2. The van der Waals surface area contributed by atoms with E-state index in [-0.39, 0.29) is 5.82 Å². The zero-order valence-corrected chi connectivity index (χ0v) is 10.1. The Labute approximate surface area is 102 Å². The zero-order valence-electron chi connectivity index (χ0n) is 8.49. The second-order valence-corrected chi connectivity index (χ2v) is 4.29. The molecule has 0 N–H and O–H groups in total. The largest absolute Gasteiger partial charge is 0.489 e. The van der Waals surface area contributed by atoms with Crippen LogP contribution in [0.2, 0.25) is 0 Å². The van der Waals surface area contributed by atoms with Gasteiger partial charge in [0, 0.05) is 10.5 Å². The third-order valence-electron chi connectivity index (χ3n) is 2.09. The van der Waals surface area contributed by atoms with Crippen molar-refractivity contribution in [2.75, 3.05) is 0 Å². The van der Waals surface area contributed by atoms with Gasteiger partial charge in [0.15, 0.2) is 0 Å². The van der Waals surface area contributed by atoms with E-state index in [0.717, 1.165) is 10.0 Å². The molecule has 0 saturated carbocycles. The van der Waals surface area contributed by atoms with E-state index < -0.39 is 0 Å². The number of ether oxygens (including phenoxy) is 1. The van der Waals surface area contributed by atoms with E-state index in [4.69, 9.17) is 4.74 Å². The molecule has 0 saturated heterocycles. The van der Waals surface area contributed by atoms with Crippen LogP contribution >= 0.6 is 15.9 Å². The quantitative estimate of drug-likeness (QED) is 0.820. The summed E-state index contributed by atoms with van der Waals surface area (Å²) in [7, 11) is 0. The van der Waals surface area contributed by atoms with Crippen LogP contribution in [-0.4, -0.2) is 0 Å². The van der Waals surface area contributed by atoms with Gasteiger partial charge in [0.2, 0.25) is 0 Å². The smallest absolute Gasteiger partial charge is 0.126 e. The lowest BCUT2D eigenvalue weighted by molar-refractivity contribution is 0.304. The Balaban J connectivity index is 2.02. The minimum Gasteiger partial charge on any atom is -0.489 e. The Hall–Kier alpha value is -1.35. The molecule has 0 fully saturated rings. The molecule has 0 heterocycles. The molecule has 0 bridgehead atoms. The van der Waals surface area contributed by atoms with Crippen molar-refractivity contribution >= 4 is 15.9 Å². The van der Waals surface area contributed by atoms with Gasteiger partial charge in [0.05, 0.1) is 0 Å².